The predicted molar refractivity (Wildman–Crippen MR) is 107 cm³/mol. The number of nitrogens with one attached hydrogen (secondary N) is 1. The molecule has 3 N–H and O–H groups in total. The maximum absolute atomic E-state index is 12.6. The van der Waals surface area contributed by atoms with Gasteiger partial charge in [0.25, 0.3) is 0 Å². The highest BCUT2D eigenvalue weighted by molar-refractivity contribution is 5.92. The third-order valence-corrected chi connectivity index (χ3v) is 5.07. The van der Waals surface area contributed by atoms with Crippen molar-refractivity contribution in [3.05, 3.63) is 23.9 Å². The monoisotopic (exact) mass is 402 g/mol. The van der Waals surface area contributed by atoms with Crippen molar-refractivity contribution < 1.29 is 9.59 Å². The number of nitrogens with two attached hydrogens (primary N) is 1. The van der Waals surface area contributed by atoms with Gasteiger partial charge in [0.05, 0.1) is 5.92 Å². The van der Waals surface area contributed by atoms with Gasteiger partial charge in [-0.2, -0.15) is 0 Å². The summed E-state index contributed by atoms with van der Waals surface area (Å²) in [5.41, 5.74) is 6.79. The van der Waals surface area contributed by atoms with Crippen molar-refractivity contribution in [3.63, 3.8) is 0 Å². The maximum Gasteiger partial charge on any atom is 0.230 e. The summed E-state index contributed by atoms with van der Waals surface area (Å²) >= 11 is 0. The van der Waals surface area contributed by atoms with Crippen LogP contribution in [-0.4, -0.2) is 40.8 Å². The van der Waals surface area contributed by atoms with E-state index in [0.717, 1.165) is 44.3 Å². The van der Waals surface area contributed by atoms with E-state index < -0.39 is 0 Å². The average Bonchev–Trinajstić information content (AvgIpc) is 3.01. The number of aromatic nitrogens is 1. The Labute approximate surface area is 167 Å². The van der Waals surface area contributed by atoms with E-state index in [0.29, 0.717) is 12.4 Å². The number of rotatable bonds is 3. The molecule has 0 bridgehead atoms. The van der Waals surface area contributed by atoms with Crippen LogP contribution in [0.25, 0.3) is 0 Å². The lowest BCUT2D eigenvalue weighted by Gasteiger charge is -2.33. The molecule has 3 atom stereocenters. The van der Waals surface area contributed by atoms with Crippen LogP contribution in [0.2, 0.25) is 0 Å². The number of hydrogen-bond acceptors (Lipinski definition) is 4. The van der Waals surface area contributed by atoms with Crippen LogP contribution in [0.15, 0.2) is 18.2 Å². The third kappa shape index (κ3) is 5.56. The first-order valence-electron chi connectivity index (χ1n) is 8.82. The normalized spacial score (nSPS) is 25.0. The van der Waals surface area contributed by atoms with E-state index in [1.165, 1.54) is 0 Å². The second-order valence-electron chi connectivity index (χ2n) is 7.05. The molecule has 1 aromatic heterocycles. The largest absolute Gasteiger partial charge is 0.342 e. The standard InChI is InChI=1S/C18H26N4O2.2ClH/c1-12-4-2-6-16(20-12)21-17(23)14-5-3-9-22(11-14)18(24)13-7-8-15(19)10-13;;/h2,4,6,13-15H,3,5,7-11,19H2,1H3,(H,20,21,23);2*1H. The van der Waals surface area contributed by atoms with Gasteiger partial charge in [0.2, 0.25) is 11.8 Å². The highest BCUT2D eigenvalue weighted by Gasteiger charge is 2.34. The van der Waals surface area contributed by atoms with Gasteiger partial charge in [-0.05, 0) is 51.2 Å². The average molecular weight is 403 g/mol. The lowest BCUT2D eigenvalue weighted by atomic mass is 9.95. The number of likely N-dealkylation sites (tertiary alicyclic amines) is 1. The van der Waals surface area contributed by atoms with Gasteiger partial charge < -0.3 is 16.0 Å². The summed E-state index contributed by atoms with van der Waals surface area (Å²) in [7, 11) is 0. The summed E-state index contributed by atoms with van der Waals surface area (Å²) in [6.45, 7) is 3.14. The highest BCUT2D eigenvalue weighted by atomic mass is 35.5. The van der Waals surface area contributed by atoms with Crippen molar-refractivity contribution in [2.75, 3.05) is 18.4 Å². The molecule has 2 fully saturated rings. The molecule has 1 aromatic rings. The van der Waals surface area contributed by atoms with Gasteiger partial charge in [-0.3, -0.25) is 9.59 Å². The molecular formula is C18H28Cl2N4O2. The molecule has 0 aromatic carbocycles. The first kappa shape index (κ1) is 22.7. The van der Waals surface area contributed by atoms with Crippen LogP contribution >= 0.6 is 24.8 Å². The van der Waals surface area contributed by atoms with Crippen molar-refractivity contribution in [2.24, 2.45) is 17.6 Å². The molecule has 2 amide bonds. The minimum absolute atomic E-state index is 0. The fourth-order valence-corrected chi connectivity index (χ4v) is 3.73. The Kier molecular flexibility index (Phi) is 8.80. The number of nitrogens with zero attached hydrogens (tertiary/aromatic N) is 2. The van der Waals surface area contributed by atoms with E-state index in [-0.39, 0.29) is 54.5 Å². The summed E-state index contributed by atoms with van der Waals surface area (Å²) in [5, 5.41) is 2.88. The van der Waals surface area contributed by atoms with Crippen LogP contribution in [0, 0.1) is 18.8 Å². The van der Waals surface area contributed by atoms with Gasteiger partial charge in [0.1, 0.15) is 5.82 Å². The number of aryl methyl sites for hydroxylation is 1. The highest BCUT2D eigenvalue weighted by Crippen LogP contribution is 2.28. The molecule has 1 saturated heterocycles. The summed E-state index contributed by atoms with van der Waals surface area (Å²) in [4.78, 5) is 31.3. The number of anilines is 1. The quantitative estimate of drug-likeness (QED) is 0.812. The molecule has 1 aliphatic heterocycles. The van der Waals surface area contributed by atoms with Crippen molar-refractivity contribution in [1.82, 2.24) is 9.88 Å². The lowest BCUT2D eigenvalue weighted by molar-refractivity contribution is -0.138. The van der Waals surface area contributed by atoms with Gasteiger partial charge >= 0.3 is 0 Å². The Morgan fingerprint density at radius 3 is 2.62 bits per heavy atom. The zero-order valence-electron chi connectivity index (χ0n) is 15.0. The van der Waals surface area contributed by atoms with Crippen molar-refractivity contribution in [2.45, 2.75) is 45.1 Å². The number of amides is 2. The Bertz CT molecular complexity index is 629. The molecule has 1 saturated carbocycles. The molecular weight excluding hydrogens is 375 g/mol. The van der Waals surface area contributed by atoms with Crippen LogP contribution in [0.4, 0.5) is 5.82 Å². The summed E-state index contributed by atoms with van der Waals surface area (Å²) in [6, 6.07) is 5.70. The van der Waals surface area contributed by atoms with Crippen molar-refractivity contribution >= 4 is 42.4 Å². The summed E-state index contributed by atoms with van der Waals surface area (Å²) in [5.74, 6) is 0.577. The first-order valence-corrected chi connectivity index (χ1v) is 8.82. The Balaban J connectivity index is 0.00000169. The van der Waals surface area contributed by atoms with E-state index in [2.05, 4.69) is 10.3 Å². The van der Waals surface area contributed by atoms with Crippen LogP contribution < -0.4 is 11.1 Å². The van der Waals surface area contributed by atoms with E-state index in [9.17, 15) is 9.59 Å². The topological polar surface area (TPSA) is 88.3 Å². The van der Waals surface area contributed by atoms with Crippen molar-refractivity contribution in [3.8, 4) is 0 Å². The minimum Gasteiger partial charge on any atom is -0.342 e. The fraction of sp³-hybridized carbons (Fsp3) is 0.611. The molecule has 1 aliphatic carbocycles. The number of carbonyl (C=O) groups excluding carboxylic acids is 2. The molecule has 2 aliphatic rings. The molecule has 0 radical (unpaired) electrons. The maximum atomic E-state index is 12.6. The second kappa shape index (κ2) is 10.1. The fourth-order valence-electron chi connectivity index (χ4n) is 3.73. The predicted octanol–water partition coefficient (Wildman–Crippen LogP) is 2.54. The van der Waals surface area contributed by atoms with Gasteiger partial charge in [0.15, 0.2) is 0 Å². The van der Waals surface area contributed by atoms with E-state index >= 15 is 0 Å². The lowest BCUT2D eigenvalue weighted by Crippen LogP contribution is -2.45. The molecule has 8 heteroatoms. The number of piperidine rings is 1. The first-order chi connectivity index (χ1) is 11.5. The van der Waals surface area contributed by atoms with Gasteiger partial charge in [-0.25, -0.2) is 4.98 Å². The molecule has 0 spiro atoms. The molecule has 3 rings (SSSR count). The zero-order valence-corrected chi connectivity index (χ0v) is 16.7. The number of hydrogen-bond donors (Lipinski definition) is 2. The summed E-state index contributed by atoms with van der Waals surface area (Å²) in [6.07, 6.45) is 4.25. The van der Waals surface area contributed by atoms with E-state index in [1.807, 2.05) is 24.0 Å². The summed E-state index contributed by atoms with van der Waals surface area (Å²) < 4.78 is 0. The number of halogens is 2. The van der Waals surface area contributed by atoms with Gasteiger partial charge in [0, 0.05) is 30.7 Å². The number of carbonyl (C=O) groups is 2. The van der Waals surface area contributed by atoms with Gasteiger partial charge in [-0.1, -0.05) is 6.07 Å². The van der Waals surface area contributed by atoms with E-state index in [1.54, 1.807) is 6.07 Å². The zero-order chi connectivity index (χ0) is 17.1. The molecule has 6 nitrogen and oxygen atoms in total. The smallest absolute Gasteiger partial charge is 0.230 e. The molecule has 3 unspecified atom stereocenters. The Morgan fingerprint density at radius 1 is 1.19 bits per heavy atom. The minimum atomic E-state index is -0.167. The van der Waals surface area contributed by atoms with Gasteiger partial charge in [-0.15, -0.1) is 24.8 Å². The SMILES string of the molecule is Cc1cccc(NC(=O)C2CCCN(C(=O)C3CCC(N)C3)C2)n1.Cl.Cl. The van der Waals surface area contributed by atoms with Crippen molar-refractivity contribution in [1.29, 1.82) is 0 Å². The van der Waals surface area contributed by atoms with Crippen LogP contribution in [0.5, 0.6) is 0 Å². The Hall–Kier alpha value is -1.37. The Morgan fingerprint density at radius 2 is 1.96 bits per heavy atom. The number of pyridine rings is 1. The van der Waals surface area contributed by atoms with E-state index in [4.69, 9.17) is 5.73 Å². The van der Waals surface area contributed by atoms with Crippen LogP contribution in [0.3, 0.4) is 0 Å². The molecule has 146 valence electrons. The molecule has 2 heterocycles. The van der Waals surface area contributed by atoms with Crippen LogP contribution in [0.1, 0.15) is 37.8 Å². The third-order valence-electron chi connectivity index (χ3n) is 5.07. The molecule has 26 heavy (non-hydrogen) atoms. The second-order valence-corrected chi connectivity index (χ2v) is 7.05. The van der Waals surface area contributed by atoms with Crippen LogP contribution in [-0.2, 0) is 9.59 Å².